The zero-order valence-electron chi connectivity index (χ0n) is 9.53. The summed E-state index contributed by atoms with van der Waals surface area (Å²) in [5.41, 5.74) is 1.53. The zero-order chi connectivity index (χ0) is 11.8. The van der Waals surface area contributed by atoms with Gasteiger partial charge in [0.15, 0.2) is 5.78 Å². The molecule has 0 heterocycles. The van der Waals surface area contributed by atoms with E-state index < -0.39 is 0 Å². The summed E-state index contributed by atoms with van der Waals surface area (Å²) in [6.45, 7) is 0.712. The molecule has 0 amide bonds. The number of ether oxygens (including phenoxy) is 1. The highest BCUT2D eigenvalue weighted by molar-refractivity contribution is 5.96. The van der Waals surface area contributed by atoms with Crippen LogP contribution in [0.15, 0.2) is 24.3 Å². The van der Waals surface area contributed by atoms with Crippen LogP contribution in [0.3, 0.4) is 0 Å². The molecule has 0 fully saturated rings. The number of carbonyl (C=O) groups is 1. The van der Waals surface area contributed by atoms with E-state index in [0.717, 1.165) is 24.0 Å². The van der Waals surface area contributed by atoms with Crippen molar-refractivity contribution in [3.63, 3.8) is 0 Å². The standard InChI is InChI=1S/C14H16O2/c1-3-12-7-9-13(10-8-12)14(15)6-4-5-11-16-2/h1,7-10H,4-6,11H2,2H3. The lowest BCUT2D eigenvalue weighted by Crippen LogP contribution is -2.00. The van der Waals surface area contributed by atoms with Crippen LogP contribution in [0.1, 0.15) is 35.2 Å². The van der Waals surface area contributed by atoms with Crippen LogP contribution in [0.2, 0.25) is 0 Å². The number of rotatable bonds is 6. The molecule has 0 aromatic heterocycles. The second kappa shape index (κ2) is 6.81. The van der Waals surface area contributed by atoms with Gasteiger partial charge in [-0.2, -0.15) is 0 Å². The van der Waals surface area contributed by atoms with Crippen molar-refractivity contribution >= 4 is 5.78 Å². The lowest BCUT2D eigenvalue weighted by molar-refractivity contribution is 0.0975. The van der Waals surface area contributed by atoms with Gasteiger partial charge in [-0.25, -0.2) is 0 Å². The Morgan fingerprint density at radius 3 is 2.56 bits per heavy atom. The Labute approximate surface area is 96.6 Å². The van der Waals surface area contributed by atoms with E-state index in [-0.39, 0.29) is 5.78 Å². The molecule has 2 heteroatoms. The Morgan fingerprint density at radius 2 is 2.00 bits per heavy atom. The fourth-order valence-corrected chi connectivity index (χ4v) is 1.43. The quantitative estimate of drug-likeness (QED) is 0.415. The first-order chi connectivity index (χ1) is 7.77. The Balaban J connectivity index is 2.44. The fourth-order valence-electron chi connectivity index (χ4n) is 1.43. The zero-order valence-corrected chi connectivity index (χ0v) is 9.53. The summed E-state index contributed by atoms with van der Waals surface area (Å²) in [4.78, 5) is 11.7. The average molecular weight is 216 g/mol. The Morgan fingerprint density at radius 1 is 1.31 bits per heavy atom. The molecule has 0 atom stereocenters. The third-order valence-corrected chi connectivity index (χ3v) is 2.38. The van der Waals surface area contributed by atoms with Gasteiger partial charge in [0.1, 0.15) is 0 Å². The summed E-state index contributed by atoms with van der Waals surface area (Å²) < 4.78 is 4.93. The number of methoxy groups -OCH3 is 1. The molecule has 84 valence electrons. The summed E-state index contributed by atoms with van der Waals surface area (Å²) in [6, 6.07) is 7.16. The van der Waals surface area contributed by atoms with Gasteiger partial charge in [0, 0.05) is 31.3 Å². The van der Waals surface area contributed by atoms with Crippen molar-refractivity contribution in [1.29, 1.82) is 0 Å². The second-order valence-corrected chi connectivity index (χ2v) is 3.59. The normalized spacial score (nSPS) is 9.75. The summed E-state index contributed by atoms with van der Waals surface area (Å²) >= 11 is 0. The van der Waals surface area contributed by atoms with Crippen LogP contribution in [0.25, 0.3) is 0 Å². The van der Waals surface area contributed by atoms with Crippen LogP contribution in [-0.2, 0) is 4.74 Å². The molecule has 2 nitrogen and oxygen atoms in total. The van der Waals surface area contributed by atoms with Gasteiger partial charge in [-0.05, 0) is 25.0 Å². The molecule has 0 aliphatic rings. The molecule has 0 N–H and O–H groups in total. The summed E-state index contributed by atoms with van der Waals surface area (Å²) in [5, 5.41) is 0. The molecule has 0 saturated heterocycles. The Hall–Kier alpha value is -1.59. The van der Waals surface area contributed by atoms with Crippen LogP contribution in [-0.4, -0.2) is 19.5 Å². The highest BCUT2D eigenvalue weighted by atomic mass is 16.5. The lowest BCUT2D eigenvalue weighted by Gasteiger charge is -2.01. The smallest absolute Gasteiger partial charge is 0.162 e. The van der Waals surface area contributed by atoms with E-state index in [9.17, 15) is 4.79 Å². The molecule has 0 saturated carbocycles. The first kappa shape index (κ1) is 12.5. The van der Waals surface area contributed by atoms with E-state index in [4.69, 9.17) is 11.2 Å². The number of carbonyl (C=O) groups excluding carboxylic acids is 1. The number of terminal acetylenes is 1. The number of Topliss-reactive ketones (excluding diaryl/α,β-unsaturated/α-hetero) is 1. The van der Waals surface area contributed by atoms with Crippen molar-refractivity contribution in [3.8, 4) is 12.3 Å². The van der Waals surface area contributed by atoms with E-state index in [2.05, 4.69) is 5.92 Å². The summed E-state index contributed by atoms with van der Waals surface area (Å²) in [5.74, 6) is 2.69. The van der Waals surface area contributed by atoms with Crippen molar-refractivity contribution in [2.75, 3.05) is 13.7 Å². The minimum atomic E-state index is 0.166. The van der Waals surface area contributed by atoms with Crippen molar-refractivity contribution in [1.82, 2.24) is 0 Å². The average Bonchev–Trinajstić information content (AvgIpc) is 2.34. The maximum atomic E-state index is 11.7. The van der Waals surface area contributed by atoms with E-state index in [0.29, 0.717) is 13.0 Å². The van der Waals surface area contributed by atoms with Gasteiger partial charge in [0.05, 0.1) is 0 Å². The molecule has 1 aromatic carbocycles. The predicted molar refractivity (Wildman–Crippen MR) is 64.4 cm³/mol. The predicted octanol–water partition coefficient (Wildman–Crippen LogP) is 2.67. The summed E-state index contributed by atoms with van der Waals surface area (Å²) in [7, 11) is 1.67. The van der Waals surface area contributed by atoms with Crippen LogP contribution in [0, 0.1) is 12.3 Å². The van der Waals surface area contributed by atoms with Crippen molar-refractivity contribution < 1.29 is 9.53 Å². The highest BCUT2D eigenvalue weighted by Gasteiger charge is 2.04. The number of hydrogen-bond donors (Lipinski definition) is 0. The van der Waals surface area contributed by atoms with E-state index in [1.165, 1.54) is 0 Å². The van der Waals surface area contributed by atoms with Gasteiger partial charge >= 0.3 is 0 Å². The van der Waals surface area contributed by atoms with Crippen LogP contribution >= 0.6 is 0 Å². The number of hydrogen-bond acceptors (Lipinski definition) is 2. The molecular weight excluding hydrogens is 200 g/mol. The van der Waals surface area contributed by atoms with Crippen molar-refractivity contribution in [3.05, 3.63) is 35.4 Å². The van der Waals surface area contributed by atoms with Crippen LogP contribution < -0.4 is 0 Å². The van der Waals surface area contributed by atoms with Crippen molar-refractivity contribution in [2.45, 2.75) is 19.3 Å². The molecule has 0 spiro atoms. The first-order valence-electron chi connectivity index (χ1n) is 5.36. The van der Waals surface area contributed by atoms with Crippen molar-refractivity contribution in [2.24, 2.45) is 0 Å². The minimum absolute atomic E-state index is 0.166. The van der Waals surface area contributed by atoms with E-state index in [1.54, 1.807) is 31.4 Å². The molecule has 0 bridgehead atoms. The third kappa shape index (κ3) is 3.88. The molecule has 0 aliphatic carbocycles. The monoisotopic (exact) mass is 216 g/mol. The van der Waals surface area contributed by atoms with Crippen LogP contribution in [0.5, 0.6) is 0 Å². The molecule has 0 radical (unpaired) electrons. The lowest BCUT2D eigenvalue weighted by atomic mass is 10.0. The molecule has 1 rings (SSSR count). The van der Waals surface area contributed by atoms with E-state index >= 15 is 0 Å². The molecule has 0 aliphatic heterocycles. The van der Waals surface area contributed by atoms with E-state index in [1.807, 2.05) is 0 Å². The second-order valence-electron chi connectivity index (χ2n) is 3.59. The summed E-state index contributed by atoms with van der Waals surface area (Å²) in [6.07, 6.45) is 7.59. The highest BCUT2D eigenvalue weighted by Crippen LogP contribution is 2.08. The minimum Gasteiger partial charge on any atom is -0.385 e. The maximum absolute atomic E-state index is 11.7. The molecule has 16 heavy (non-hydrogen) atoms. The number of unbranched alkanes of at least 4 members (excludes halogenated alkanes) is 1. The number of benzene rings is 1. The molecule has 1 aromatic rings. The topological polar surface area (TPSA) is 26.3 Å². The largest absolute Gasteiger partial charge is 0.385 e. The van der Waals surface area contributed by atoms with Gasteiger partial charge < -0.3 is 4.74 Å². The third-order valence-electron chi connectivity index (χ3n) is 2.38. The van der Waals surface area contributed by atoms with Gasteiger partial charge in [-0.15, -0.1) is 6.42 Å². The Kier molecular flexibility index (Phi) is 5.31. The molecular formula is C14H16O2. The number of ketones is 1. The van der Waals surface area contributed by atoms with Gasteiger partial charge in [-0.1, -0.05) is 18.1 Å². The van der Waals surface area contributed by atoms with Gasteiger partial charge in [-0.3, -0.25) is 4.79 Å². The fraction of sp³-hybridized carbons (Fsp3) is 0.357. The van der Waals surface area contributed by atoms with Crippen LogP contribution in [0.4, 0.5) is 0 Å². The van der Waals surface area contributed by atoms with Gasteiger partial charge in [0.2, 0.25) is 0 Å². The van der Waals surface area contributed by atoms with Gasteiger partial charge in [0.25, 0.3) is 0 Å². The Bertz CT molecular complexity index is 371. The molecule has 0 unspecified atom stereocenters. The maximum Gasteiger partial charge on any atom is 0.162 e. The SMILES string of the molecule is C#Cc1ccc(C(=O)CCCCOC)cc1. The first-order valence-corrected chi connectivity index (χ1v) is 5.36.